The number of ether oxygens (including phenoxy) is 1. The molecule has 0 spiro atoms. The maximum absolute atomic E-state index is 11.8. The van der Waals surface area contributed by atoms with E-state index in [1.807, 2.05) is 0 Å². The second kappa shape index (κ2) is 8.07. The topological polar surface area (TPSA) is 98.5 Å². The second-order valence-corrected chi connectivity index (χ2v) is 5.23. The highest BCUT2D eigenvalue weighted by molar-refractivity contribution is 6.32. The van der Waals surface area contributed by atoms with Gasteiger partial charge in [0.1, 0.15) is 10.8 Å². The van der Waals surface area contributed by atoms with Crippen LogP contribution in [-0.2, 0) is 4.79 Å². The summed E-state index contributed by atoms with van der Waals surface area (Å²) in [7, 11) is 1.54. The van der Waals surface area contributed by atoms with Gasteiger partial charge >= 0.3 is 5.97 Å². The highest BCUT2D eigenvalue weighted by atomic mass is 35.5. The van der Waals surface area contributed by atoms with Crippen LogP contribution in [0, 0.1) is 10.1 Å². The molecule has 0 unspecified atom stereocenters. The third-order valence-corrected chi connectivity index (χ3v) is 3.45. The van der Waals surface area contributed by atoms with E-state index in [-0.39, 0.29) is 22.4 Å². The molecular formula is C17H13ClN2O5. The Morgan fingerprint density at radius 1 is 1.20 bits per heavy atom. The number of nitro benzene ring substituents is 1. The number of hydrogen-bond acceptors (Lipinski definition) is 5. The number of nitro groups is 1. The van der Waals surface area contributed by atoms with Crippen molar-refractivity contribution in [3.63, 3.8) is 0 Å². The van der Waals surface area contributed by atoms with Crippen molar-refractivity contribution >= 4 is 35.2 Å². The fraction of sp³-hybridized carbons (Fsp3) is 0.0588. The van der Waals surface area contributed by atoms with Crippen LogP contribution in [0.2, 0.25) is 5.02 Å². The summed E-state index contributed by atoms with van der Waals surface area (Å²) in [5, 5.41) is 13.1. The zero-order chi connectivity index (χ0) is 18.4. The molecule has 2 rings (SSSR count). The highest BCUT2D eigenvalue weighted by Gasteiger charge is 2.13. The van der Waals surface area contributed by atoms with E-state index < -0.39 is 10.9 Å². The molecule has 0 heterocycles. The molecule has 0 atom stereocenters. The van der Waals surface area contributed by atoms with Gasteiger partial charge in [0.05, 0.1) is 4.92 Å². The van der Waals surface area contributed by atoms with Gasteiger partial charge in [0.15, 0.2) is 0 Å². The molecule has 2 aromatic carbocycles. The third kappa shape index (κ3) is 4.89. The molecule has 25 heavy (non-hydrogen) atoms. The zero-order valence-electron chi connectivity index (χ0n) is 13.1. The smallest absolute Gasteiger partial charge is 0.336 e. The van der Waals surface area contributed by atoms with Gasteiger partial charge in [0, 0.05) is 30.8 Å². The van der Waals surface area contributed by atoms with Crippen LogP contribution in [-0.4, -0.2) is 23.8 Å². The number of carbonyl (C=O) groups is 2. The number of hydrogen-bond donors (Lipinski definition) is 1. The fourth-order valence-electron chi connectivity index (χ4n) is 1.90. The predicted molar refractivity (Wildman–Crippen MR) is 92.6 cm³/mol. The van der Waals surface area contributed by atoms with Gasteiger partial charge in [0.2, 0.25) is 0 Å². The number of halogens is 1. The first-order valence-corrected chi connectivity index (χ1v) is 7.44. The molecule has 0 saturated carbocycles. The molecule has 0 radical (unpaired) electrons. The normalized spacial score (nSPS) is 10.5. The van der Waals surface area contributed by atoms with Crippen LogP contribution >= 0.6 is 11.6 Å². The molecule has 0 aromatic heterocycles. The molecule has 0 aliphatic heterocycles. The van der Waals surface area contributed by atoms with E-state index in [9.17, 15) is 19.7 Å². The lowest BCUT2D eigenvalue weighted by molar-refractivity contribution is -0.384. The van der Waals surface area contributed by atoms with Crippen molar-refractivity contribution in [2.24, 2.45) is 0 Å². The van der Waals surface area contributed by atoms with Crippen molar-refractivity contribution in [2.45, 2.75) is 0 Å². The quantitative estimate of drug-likeness (QED) is 0.290. The Kier molecular flexibility index (Phi) is 5.86. The highest BCUT2D eigenvalue weighted by Crippen LogP contribution is 2.28. The van der Waals surface area contributed by atoms with Gasteiger partial charge in [-0.25, -0.2) is 4.79 Å². The molecule has 0 bridgehead atoms. The molecule has 0 aliphatic rings. The van der Waals surface area contributed by atoms with E-state index in [1.54, 1.807) is 24.3 Å². The van der Waals surface area contributed by atoms with Crippen LogP contribution in [0.4, 0.5) is 5.69 Å². The summed E-state index contributed by atoms with van der Waals surface area (Å²) in [4.78, 5) is 33.3. The van der Waals surface area contributed by atoms with E-state index in [4.69, 9.17) is 16.3 Å². The summed E-state index contributed by atoms with van der Waals surface area (Å²) in [6.45, 7) is 0. The van der Waals surface area contributed by atoms with Crippen molar-refractivity contribution in [1.82, 2.24) is 5.32 Å². The lowest BCUT2D eigenvalue weighted by atomic mass is 10.1. The Morgan fingerprint density at radius 3 is 2.44 bits per heavy atom. The van der Waals surface area contributed by atoms with Crippen LogP contribution in [0.15, 0.2) is 48.5 Å². The number of rotatable bonds is 5. The third-order valence-electron chi connectivity index (χ3n) is 3.15. The monoisotopic (exact) mass is 360 g/mol. The summed E-state index contributed by atoms with van der Waals surface area (Å²) in [6, 6.07) is 10.2. The molecule has 2 aromatic rings. The largest absolute Gasteiger partial charge is 0.423 e. The summed E-state index contributed by atoms with van der Waals surface area (Å²) in [5.41, 5.74) is 0.933. The van der Waals surface area contributed by atoms with Gasteiger partial charge in [-0.05, 0) is 29.8 Å². The molecule has 0 saturated heterocycles. The van der Waals surface area contributed by atoms with E-state index in [2.05, 4.69) is 5.32 Å². The van der Waals surface area contributed by atoms with Gasteiger partial charge in [-0.3, -0.25) is 14.9 Å². The minimum atomic E-state index is -0.666. The standard InChI is InChI=1S/C17H13ClN2O5/c1-19-17(22)12-5-2-11(3-6-12)4-9-16(21)25-13-7-8-15(20(23)24)14(18)10-13/h2-10H,1H3,(H,19,22)/b9-4+. The van der Waals surface area contributed by atoms with Gasteiger partial charge in [0.25, 0.3) is 11.6 Å². The number of amides is 1. The number of esters is 1. The Bertz CT molecular complexity index is 847. The predicted octanol–water partition coefficient (Wildman–Crippen LogP) is 3.23. The van der Waals surface area contributed by atoms with Crippen molar-refractivity contribution < 1.29 is 19.2 Å². The maximum atomic E-state index is 11.8. The van der Waals surface area contributed by atoms with Gasteiger partial charge in [-0.2, -0.15) is 0 Å². The van der Waals surface area contributed by atoms with Gasteiger partial charge in [-0.1, -0.05) is 23.7 Å². The lowest BCUT2D eigenvalue weighted by Gasteiger charge is -2.02. The molecule has 1 N–H and O–H groups in total. The van der Waals surface area contributed by atoms with Crippen LogP contribution < -0.4 is 10.1 Å². The van der Waals surface area contributed by atoms with Crippen molar-refractivity contribution in [1.29, 1.82) is 0 Å². The number of nitrogens with one attached hydrogen (secondary N) is 1. The Morgan fingerprint density at radius 2 is 1.88 bits per heavy atom. The molecule has 8 heteroatoms. The average molecular weight is 361 g/mol. The first-order chi connectivity index (χ1) is 11.9. The molecule has 0 aliphatic carbocycles. The Labute approximate surface area is 148 Å². The summed E-state index contributed by atoms with van der Waals surface area (Å²) in [5.74, 6) is -0.773. The minimum Gasteiger partial charge on any atom is -0.423 e. The molecule has 0 fully saturated rings. The van der Waals surface area contributed by atoms with Gasteiger partial charge in [-0.15, -0.1) is 0 Å². The summed E-state index contributed by atoms with van der Waals surface area (Å²) >= 11 is 5.75. The molecule has 1 amide bonds. The number of carbonyl (C=O) groups excluding carboxylic acids is 2. The minimum absolute atomic E-state index is 0.0974. The van der Waals surface area contributed by atoms with E-state index in [1.165, 1.54) is 31.3 Å². The molecular weight excluding hydrogens is 348 g/mol. The molecule has 128 valence electrons. The van der Waals surface area contributed by atoms with E-state index >= 15 is 0 Å². The van der Waals surface area contributed by atoms with Crippen LogP contribution in [0.25, 0.3) is 6.08 Å². The first kappa shape index (κ1) is 18.2. The zero-order valence-corrected chi connectivity index (χ0v) is 13.8. The van der Waals surface area contributed by atoms with E-state index in [0.29, 0.717) is 11.1 Å². The van der Waals surface area contributed by atoms with Crippen molar-refractivity contribution in [3.8, 4) is 5.75 Å². The first-order valence-electron chi connectivity index (χ1n) is 7.06. The number of nitrogens with zero attached hydrogens (tertiary/aromatic N) is 1. The van der Waals surface area contributed by atoms with E-state index in [0.717, 1.165) is 6.07 Å². The fourth-order valence-corrected chi connectivity index (χ4v) is 2.14. The summed E-state index contributed by atoms with van der Waals surface area (Å²) < 4.78 is 5.03. The number of benzene rings is 2. The van der Waals surface area contributed by atoms with Crippen LogP contribution in [0.3, 0.4) is 0 Å². The average Bonchev–Trinajstić information content (AvgIpc) is 2.59. The van der Waals surface area contributed by atoms with Crippen molar-refractivity contribution in [2.75, 3.05) is 7.05 Å². The summed E-state index contributed by atoms with van der Waals surface area (Å²) in [6.07, 6.45) is 2.72. The van der Waals surface area contributed by atoms with Crippen molar-refractivity contribution in [3.05, 3.63) is 74.8 Å². The van der Waals surface area contributed by atoms with Crippen LogP contribution in [0.5, 0.6) is 5.75 Å². The second-order valence-electron chi connectivity index (χ2n) is 4.83. The Hall–Kier alpha value is -3.19. The SMILES string of the molecule is CNC(=O)c1ccc(/C=C/C(=O)Oc2ccc([N+](=O)[O-])c(Cl)c2)cc1. The van der Waals surface area contributed by atoms with Crippen LogP contribution in [0.1, 0.15) is 15.9 Å². The maximum Gasteiger partial charge on any atom is 0.336 e. The van der Waals surface area contributed by atoms with Gasteiger partial charge < -0.3 is 10.1 Å². The lowest BCUT2D eigenvalue weighted by Crippen LogP contribution is -2.17. The Balaban J connectivity index is 2.02. The molecule has 7 nitrogen and oxygen atoms in total.